The van der Waals surface area contributed by atoms with Gasteiger partial charge in [0, 0.05) is 37.5 Å². The molecule has 1 N–H and O–H groups in total. The van der Waals surface area contributed by atoms with Crippen LogP contribution in [-0.2, 0) is 0 Å². The van der Waals surface area contributed by atoms with Crippen LogP contribution in [0.2, 0.25) is 0 Å². The van der Waals surface area contributed by atoms with Gasteiger partial charge in [0.15, 0.2) is 0 Å². The largest absolute Gasteiger partial charge is 0.396 e. The van der Waals surface area contributed by atoms with E-state index in [2.05, 4.69) is 54.1 Å². The Morgan fingerprint density at radius 2 is 2.00 bits per heavy atom. The van der Waals surface area contributed by atoms with E-state index in [4.69, 9.17) is 0 Å². The van der Waals surface area contributed by atoms with Crippen molar-refractivity contribution in [3.63, 3.8) is 0 Å². The standard InChI is InChI=1S/C15H24N2O/c1-13-8-10-17(14-6-4-3-5-7-14)12-15(9-11-18)16(13)2/h3-7,13,15,18H,8-12H2,1-2H3. The van der Waals surface area contributed by atoms with Gasteiger partial charge in [0.2, 0.25) is 0 Å². The molecule has 1 heterocycles. The average molecular weight is 248 g/mol. The van der Waals surface area contributed by atoms with Gasteiger partial charge < -0.3 is 10.0 Å². The molecule has 1 fully saturated rings. The molecule has 1 aliphatic heterocycles. The average Bonchev–Trinajstić information content (AvgIpc) is 2.54. The zero-order chi connectivity index (χ0) is 13.0. The van der Waals surface area contributed by atoms with Gasteiger partial charge in [0.25, 0.3) is 0 Å². The number of rotatable bonds is 3. The monoisotopic (exact) mass is 248 g/mol. The second kappa shape index (κ2) is 6.21. The number of aliphatic hydroxyl groups excluding tert-OH is 1. The van der Waals surface area contributed by atoms with Gasteiger partial charge in [0.05, 0.1) is 0 Å². The quantitative estimate of drug-likeness (QED) is 0.886. The first-order valence-corrected chi connectivity index (χ1v) is 6.85. The van der Waals surface area contributed by atoms with Crippen LogP contribution in [0, 0.1) is 0 Å². The summed E-state index contributed by atoms with van der Waals surface area (Å²) in [4.78, 5) is 4.86. The first-order valence-electron chi connectivity index (χ1n) is 6.85. The Balaban J connectivity index is 2.13. The lowest BCUT2D eigenvalue weighted by Crippen LogP contribution is -2.42. The topological polar surface area (TPSA) is 26.7 Å². The minimum atomic E-state index is 0.268. The van der Waals surface area contributed by atoms with Crippen molar-refractivity contribution in [2.75, 3.05) is 31.6 Å². The molecule has 0 amide bonds. The van der Waals surface area contributed by atoms with Crippen molar-refractivity contribution in [3.8, 4) is 0 Å². The molecule has 0 radical (unpaired) electrons. The molecule has 1 saturated heterocycles. The first kappa shape index (κ1) is 13.4. The Hall–Kier alpha value is -1.06. The Morgan fingerprint density at radius 1 is 1.28 bits per heavy atom. The predicted octanol–water partition coefficient (Wildman–Crippen LogP) is 1.97. The molecule has 3 heteroatoms. The van der Waals surface area contributed by atoms with Crippen molar-refractivity contribution in [1.82, 2.24) is 4.90 Å². The van der Waals surface area contributed by atoms with Crippen LogP contribution in [-0.4, -0.2) is 48.8 Å². The summed E-state index contributed by atoms with van der Waals surface area (Å²) in [6.07, 6.45) is 2.03. The van der Waals surface area contributed by atoms with Gasteiger partial charge in [-0.25, -0.2) is 0 Å². The van der Waals surface area contributed by atoms with Crippen LogP contribution in [0.1, 0.15) is 19.8 Å². The summed E-state index contributed by atoms with van der Waals surface area (Å²) in [5.74, 6) is 0. The fraction of sp³-hybridized carbons (Fsp3) is 0.600. The molecule has 0 aromatic heterocycles. The first-order chi connectivity index (χ1) is 8.72. The van der Waals surface area contributed by atoms with Crippen molar-refractivity contribution >= 4 is 5.69 Å². The third-order valence-electron chi connectivity index (χ3n) is 4.10. The Kier molecular flexibility index (Phi) is 4.61. The number of benzene rings is 1. The van der Waals surface area contributed by atoms with Crippen LogP contribution in [0.15, 0.2) is 30.3 Å². The molecule has 0 bridgehead atoms. The van der Waals surface area contributed by atoms with E-state index >= 15 is 0 Å². The smallest absolute Gasteiger partial charge is 0.0446 e. The van der Waals surface area contributed by atoms with Gasteiger partial charge in [-0.2, -0.15) is 0 Å². The summed E-state index contributed by atoms with van der Waals surface area (Å²) in [6.45, 7) is 4.64. The van der Waals surface area contributed by atoms with Gasteiger partial charge in [-0.15, -0.1) is 0 Å². The summed E-state index contributed by atoms with van der Waals surface area (Å²) < 4.78 is 0. The molecule has 100 valence electrons. The zero-order valence-electron chi connectivity index (χ0n) is 11.4. The van der Waals surface area contributed by atoms with Crippen LogP contribution in [0.4, 0.5) is 5.69 Å². The lowest BCUT2D eigenvalue weighted by molar-refractivity contribution is 0.159. The van der Waals surface area contributed by atoms with E-state index in [0.717, 1.165) is 19.5 Å². The van der Waals surface area contributed by atoms with Gasteiger partial charge in [-0.1, -0.05) is 18.2 Å². The summed E-state index contributed by atoms with van der Waals surface area (Å²) in [5.41, 5.74) is 1.29. The lowest BCUT2D eigenvalue weighted by atomic mass is 10.1. The molecular formula is C15H24N2O. The third kappa shape index (κ3) is 3.03. The molecule has 0 aliphatic carbocycles. The highest BCUT2D eigenvalue weighted by Crippen LogP contribution is 2.21. The van der Waals surface area contributed by atoms with Crippen LogP contribution in [0.25, 0.3) is 0 Å². The Labute approximate surface area is 110 Å². The normalized spacial score (nSPS) is 26.1. The van der Waals surface area contributed by atoms with E-state index in [1.54, 1.807) is 0 Å². The third-order valence-corrected chi connectivity index (χ3v) is 4.10. The van der Waals surface area contributed by atoms with Gasteiger partial charge in [0.1, 0.15) is 0 Å². The second-order valence-corrected chi connectivity index (χ2v) is 5.25. The summed E-state index contributed by atoms with van der Waals surface area (Å²) >= 11 is 0. The molecule has 0 spiro atoms. The maximum Gasteiger partial charge on any atom is 0.0446 e. The number of nitrogens with zero attached hydrogens (tertiary/aromatic N) is 2. The highest BCUT2D eigenvalue weighted by molar-refractivity contribution is 5.46. The molecule has 1 aromatic carbocycles. The van der Waals surface area contributed by atoms with E-state index in [0.29, 0.717) is 12.1 Å². The maximum absolute atomic E-state index is 9.23. The predicted molar refractivity (Wildman–Crippen MR) is 76.0 cm³/mol. The van der Waals surface area contributed by atoms with Crippen LogP contribution < -0.4 is 4.90 Å². The van der Waals surface area contributed by atoms with Crippen molar-refractivity contribution < 1.29 is 5.11 Å². The summed E-state index contributed by atoms with van der Waals surface area (Å²) in [7, 11) is 2.18. The molecule has 2 unspecified atom stereocenters. The number of aliphatic hydroxyl groups is 1. The van der Waals surface area contributed by atoms with E-state index in [1.807, 2.05) is 0 Å². The highest BCUT2D eigenvalue weighted by atomic mass is 16.3. The van der Waals surface area contributed by atoms with Crippen LogP contribution in [0.3, 0.4) is 0 Å². The lowest BCUT2D eigenvalue weighted by Gasteiger charge is -2.31. The number of likely N-dealkylation sites (N-methyl/N-ethyl adjacent to an activating group) is 1. The van der Waals surface area contributed by atoms with Gasteiger partial charge in [-0.05, 0) is 38.9 Å². The van der Waals surface area contributed by atoms with Gasteiger partial charge in [-0.3, -0.25) is 4.90 Å². The highest BCUT2D eigenvalue weighted by Gasteiger charge is 2.26. The Morgan fingerprint density at radius 3 is 2.67 bits per heavy atom. The van der Waals surface area contributed by atoms with E-state index in [1.165, 1.54) is 12.1 Å². The van der Waals surface area contributed by atoms with E-state index < -0.39 is 0 Å². The van der Waals surface area contributed by atoms with Crippen molar-refractivity contribution in [2.45, 2.75) is 31.8 Å². The molecule has 2 rings (SSSR count). The minimum absolute atomic E-state index is 0.268. The summed E-state index contributed by atoms with van der Waals surface area (Å²) in [6, 6.07) is 11.6. The minimum Gasteiger partial charge on any atom is -0.396 e. The fourth-order valence-corrected chi connectivity index (χ4v) is 2.70. The molecule has 1 aromatic rings. The van der Waals surface area contributed by atoms with Crippen LogP contribution in [0.5, 0.6) is 0 Å². The van der Waals surface area contributed by atoms with Crippen molar-refractivity contribution in [3.05, 3.63) is 30.3 Å². The van der Waals surface area contributed by atoms with E-state index in [-0.39, 0.29) is 6.61 Å². The summed E-state index contributed by atoms with van der Waals surface area (Å²) in [5, 5.41) is 9.23. The fourth-order valence-electron chi connectivity index (χ4n) is 2.70. The zero-order valence-corrected chi connectivity index (χ0v) is 11.4. The number of anilines is 1. The molecule has 1 aliphatic rings. The van der Waals surface area contributed by atoms with Crippen molar-refractivity contribution in [1.29, 1.82) is 0 Å². The molecule has 3 nitrogen and oxygen atoms in total. The molecular weight excluding hydrogens is 224 g/mol. The van der Waals surface area contributed by atoms with Gasteiger partial charge >= 0.3 is 0 Å². The second-order valence-electron chi connectivity index (χ2n) is 5.25. The SMILES string of the molecule is CC1CCN(c2ccccc2)CC(CCO)N1C. The Bertz CT molecular complexity index is 355. The maximum atomic E-state index is 9.23. The number of hydrogen-bond donors (Lipinski definition) is 1. The van der Waals surface area contributed by atoms with Crippen molar-refractivity contribution in [2.24, 2.45) is 0 Å². The number of hydrogen-bond acceptors (Lipinski definition) is 3. The van der Waals surface area contributed by atoms with E-state index in [9.17, 15) is 5.11 Å². The van der Waals surface area contributed by atoms with Crippen LogP contribution >= 0.6 is 0 Å². The number of para-hydroxylation sites is 1. The molecule has 2 atom stereocenters. The molecule has 0 saturated carbocycles. The molecule has 18 heavy (non-hydrogen) atoms.